The average Bonchev–Trinajstić information content (AvgIpc) is 2.46. The van der Waals surface area contributed by atoms with Crippen LogP contribution in [0.25, 0.3) is 0 Å². The first kappa shape index (κ1) is 14.0. The van der Waals surface area contributed by atoms with E-state index in [1.54, 1.807) is 30.1 Å². The van der Waals surface area contributed by atoms with Crippen LogP contribution in [0.4, 0.5) is 4.39 Å². The van der Waals surface area contributed by atoms with Crippen LogP contribution in [-0.2, 0) is 16.0 Å². The van der Waals surface area contributed by atoms with Gasteiger partial charge < -0.3 is 15.0 Å². The van der Waals surface area contributed by atoms with Gasteiger partial charge >= 0.3 is 0 Å². The molecule has 1 N–H and O–H groups in total. The SMILES string of the molecule is CN(CCc1ccccc1F)C(=O)C1COCCN1. The highest BCUT2D eigenvalue weighted by atomic mass is 19.1. The van der Waals surface area contributed by atoms with E-state index in [2.05, 4.69) is 5.32 Å². The van der Waals surface area contributed by atoms with Crippen molar-refractivity contribution in [2.24, 2.45) is 0 Å². The maximum atomic E-state index is 13.5. The predicted molar refractivity (Wildman–Crippen MR) is 70.4 cm³/mol. The Kier molecular flexibility index (Phi) is 4.87. The van der Waals surface area contributed by atoms with E-state index < -0.39 is 0 Å². The Hall–Kier alpha value is -1.46. The van der Waals surface area contributed by atoms with Gasteiger partial charge in [-0.1, -0.05) is 18.2 Å². The number of benzene rings is 1. The van der Waals surface area contributed by atoms with Gasteiger partial charge in [0.2, 0.25) is 5.91 Å². The van der Waals surface area contributed by atoms with Crippen molar-refractivity contribution in [2.45, 2.75) is 12.5 Å². The summed E-state index contributed by atoms with van der Waals surface area (Å²) in [7, 11) is 1.74. The van der Waals surface area contributed by atoms with Crippen LogP contribution in [0, 0.1) is 5.82 Å². The molecule has 0 spiro atoms. The molecule has 1 aliphatic rings. The van der Waals surface area contributed by atoms with Crippen LogP contribution in [0.5, 0.6) is 0 Å². The Balaban J connectivity index is 1.85. The highest BCUT2D eigenvalue weighted by Crippen LogP contribution is 2.08. The van der Waals surface area contributed by atoms with E-state index in [4.69, 9.17) is 4.74 Å². The summed E-state index contributed by atoms with van der Waals surface area (Å²) in [5, 5.41) is 3.12. The third-order valence-electron chi connectivity index (χ3n) is 3.27. The van der Waals surface area contributed by atoms with Gasteiger partial charge in [0.25, 0.3) is 0 Å². The molecule has 0 bridgehead atoms. The molecule has 1 aromatic carbocycles. The number of carbonyl (C=O) groups excluding carboxylic acids is 1. The largest absolute Gasteiger partial charge is 0.378 e. The summed E-state index contributed by atoms with van der Waals surface area (Å²) in [6.45, 7) is 2.24. The van der Waals surface area contributed by atoms with Crippen LogP contribution < -0.4 is 5.32 Å². The summed E-state index contributed by atoms with van der Waals surface area (Å²) >= 11 is 0. The number of nitrogens with one attached hydrogen (secondary N) is 1. The van der Waals surface area contributed by atoms with E-state index in [0.29, 0.717) is 38.3 Å². The number of morpholine rings is 1. The van der Waals surface area contributed by atoms with Crippen LogP contribution in [0.1, 0.15) is 5.56 Å². The summed E-state index contributed by atoms with van der Waals surface area (Å²) in [4.78, 5) is 13.7. The summed E-state index contributed by atoms with van der Waals surface area (Å²) in [6, 6.07) is 6.37. The van der Waals surface area contributed by atoms with Gasteiger partial charge in [-0.15, -0.1) is 0 Å². The minimum Gasteiger partial charge on any atom is -0.378 e. The molecule has 19 heavy (non-hydrogen) atoms. The lowest BCUT2D eigenvalue weighted by molar-refractivity contribution is -0.135. The van der Waals surface area contributed by atoms with Crippen molar-refractivity contribution in [3.8, 4) is 0 Å². The van der Waals surface area contributed by atoms with E-state index in [1.807, 2.05) is 0 Å². The molecular formula is C14H19FN2O2. The fourth-order valence-corrected chi connectivity index (χ4v) is 2.09. The summed E-state index contributed by atoms with van der Waals surface area (Å²) < 4.78 is 18.7. The lowest BCUT2D eigenvalue weighted by Crippen LogP contribution is -2.51. The highest BCUT2D eigenvalue weighted by Gasteiger charge is 2.24. The van der Waals surface area contributed by atoms with Crippen molar-refractivity contribution in [3.63, 3.8) is 0 Å². The van der Waals surface area contributed by atoms with Crippen LogP contribution in [0.2, 0.25) is 0 Å². The normalized spacial score (nSPS) is 19.2. The van der Waals surface area contributed by atoms with Crippen molar-refractivity contribution >= 4 is 5.91 Å². The number of hydrogen-bond donors (Lipinski definition) is 1. The molecule has 4 nitrogen and oxygen atoms in total. The van der Waals surface area contributed by atoms with Crippen molar-refractivity contribution < 1.29 is 13.9 Å². The van der Waals surface area contributed by atoms with E-state index >= 15 is 0 Å². The quantitative estimate of drug-likeness (QED) is 0.877. The summed E-state index contributed by atoms with van der Waals surface area (Å²) in [5.74, 6) is -0.224. The molecule has 1 unspecified atom stereocenters. The number of nitrogens with zero attached hydrogens (tertiary/aromatic N) is 1. The maximum absolute atomic E-state index is 13.5. The second kappa shape index (κ2) is 6.63. The Labute approximate surface area is 112 Å². The van der Waals surface area contributed by atoms with Crippen molar-refractivity contribution in [2.75, 3.05) is 33.4 Å². The Morgan fingerprint density at radius 2 is 2.32 bits per heavy atom. The fourth-order valence-electron chi connectivity index (χ4n) is 2.09. The van der Waals surface area contributed by atoms with E-state index in [1.165, 1.54) is 6.07 Å². The molecule has 0 saturated carbocycles. The van der Waals surface area contributed by atoms with Gasteiger partial charge in [0, 0.05) is 20.1 Å². The first-order valence-corrected chi connectivity index (χ1v) is 6.48. The number of ether oxygens (including phenoxy) is 1. The molecule has 0 aliphatic carbocycles. The fraction of sp³-hybridized carbons (Fsp3) is 0.500. The number of likely N-dealkylation sites (N-methyl/N-ethyl adjacent to an activating group) is 1. The molecule has 1 amide bonds. The summed E-state index contributed by atoms with van der Waals surface area (Å²) in [6.07, 6.45) is 0.516. The molecule has 1 saturated heterocycles. The number of hydrogen-bond acceptors (Lipinski definition) is 3. The highest BCUT2D eigenvalue weighted by molar-refractivity contribution is 5.81. The van der Waals surface area contributed by atoms with Gasteiger partial charge in [0.15, 0.2) is 0 Å². The van der Waals surface area contributed by atoms with E-state index in [9.17, 15) is 9.18 Å². The zero-order chi connectivity index (χ0) is 13.7. The molecule has 104 valence electrons. The molecule has 1 aromatic rings. The molecule has 1 heterocycles. The van der Waals surface area contributed by atoms with E-state index in [0.717, 1.165) is 0 Å². The van der Waals surface area contributed by atoms with Crippen molar-refractivity contribution in [3.05, 3.63) is 35.6 Å². The predicted octanol–water partition coefficient (Wildman–Crippen LogP) is 0.815. The lowest BCUT2D eigenvalue weighted by atomic mass is 10.1. The zero-order valence-corrected chi connectivity index (χ0v) is 11.1. The van der Waals surface area contributed by atoms with Gasteiger partial charge in [-0.2, -0.15) is 0 Å². The standard InChI is InChI=1S/C14H19FN2O2/c1-17(14(18)13-10-19-9-7-16-13)8-6-11-4-2-3-5-12(11)15/h2-5,13,16H,6-10H2,1H3. The van der Waals surface area contributed by atoms with Gasteiger partial charge in [0.05, 0.1) is 13.2 Å². The van der Waals surface area contributed by atoms with Crippen LogP contribution in [0.15, 0.2) is 24.3 Å². The first-order valence-electron chi connectivity index (χ1n) is 6.48. The average molecular weight is 266 g/mol. The number of rotatable bonds is 4. The molecule has 1 aliphatic heterocycles. The summed E-state index contributed by atoms with van der Waals surface area (Å²) in [5.41, 5.74) is 0.634. The number of halogens is 1. The molecule has 1 atom stereocenters. The minimum absolute atomic E-state index is 0.00367. The Morgan fingerprint density at radius 1 is 1.53 bits per heavy atom. The maximum Gasteiger partial charge on any atom is 0.241 e. The topological polar surface area (TPSA) is 41.6 Å². The minimum atomic E-state index is -0.278. The van der Waals surface area contributed by atoms with Crippen molar-refractivity contribution in [1.82, 2.24) is 10.2 Å². The van der Waals surface area contributed by atoms with Crippen LogP contribution in [-0.4, -0.2) is 50.2 Å². The smallest absolute Gasteiger partial charge is 0.241 e. The first-order chi connectivity index (χ1) is 9.18. The van der Waals surface area contributed by atoms with Gasteiger partial charge in [-0.3, -0.25) is 4.79 Å². The zero-order valence-electron chi connectivity index (χ0n) is 11.1. The Morgan fingerprint density at radius 3 is 3.00 bits per heavy atom. The molecule has 5 heteroatoms. The monoisotopic (exact) mass is 266 g/mol. The van der Waals surface area contributed by atoms with Gasteiger partial charge in [-0.25, -0.2) is 4.39 Å². The molecule has 1 fully saturated rings. The van der Waals surface area contributed by atoms with Crippen molar-refractivity contribution in [1.29, 1.82) is 0 Å². The van der Waals surface area contributed by atoms with Gasteiger partial charge in [0.1, 0.15) is 11.9 Å². The molecular weight excluding hydrogens is 247 g/mol. The third kappa shape index (κ3) is 3.75. The molecule has 2 rings (SSSR count). The second-order valence-electron chi connectivity index (χ2n) is 4.68. The molecule has 0 radical (unpaired) electrons. The van der Waals surface area contributed by atoms with E-state index in [-0.39, 0.29) is 17.8 Å². The lowest BCUT2D eigenvalue weighted by Gasteiger charge is -2.27. The second-order valence-corrected chi connectivity index (χ2v) is 4.68. The number of amides is 1. The van der Waals surface area contributed by atoms with Gasteiger partial charge in [-0.05, 0) is 18.1 Å². The van der Waals surface area contributed by atoms with Crippen LogP contribution >= 0.6 is 0 Å². The molecule has 0 aromatic heterocycles. The Bertz CT molecular complexity index is 433. The third-order valence-corrected chi connectivity index (χ3v) is 3.27. The number of carbonyl (C=O) groups is 1. The van der Waals surface area contributed by atoms with Crippen LogP contribution in [0.3, 0.4) is 0 Å².